The Labute approximate surface area is 97.5 Å². The molecule has 0 fully saturated rings. The molecule has 0 amide bonds. The zero-order valence-electron chi connectivity index (χ0n) is 8.72. The normalized spacial score (nSPS) is 10.4. The fraction of sp³-hybridized carbons (Fsp3) is 0.182. The van der Waals surface area contributed by atoms with E-state index in [1.165, 1.54) is 6.07 Å². The number of aromatic nitrogens is 3. The molecular weight excluding hydrogens is 226 g/mol. The highest BCUT2D eigenvalue weighted by atomic mass is 35.5. The highest BCUT2D eigenvalue weighted by molar-refractivity contribution is 6.16. The molecule has 5 heteroatoms. The lowest BCUT2D eigenvalue weighted by molar-refractivity contribution is 0.799. The van der Waals surface area contributed by atoms with Crippen LogP contribution in [0.15, 0.2) is 35.5 Å². The number of halogens is 1. The minimum absolute atomic E-state index is 0.110. The van der Waals surface area contributed by atoms with E-state index >= 15 is 0 Å². The van der Waals surface area contributed by atoms with Gasteiger partial charge >= 0.3 is 0 Å². The number of nitrogens with zero attached hydrogens (tertiary/aromatic N) is 3. The van der Waals surface area contributed by atoms with Crippen LogP contribution in [0.3, 0.4) is 0 Å². The monoisotopic (exact) mass is 235 g/mol. The molecular formula is C11H10ClN3O. The Morgan fingerprint density at radius 2 is 2.25 bits per heavy atom. The van der Waals surface area contributed by atoms with Crippen molar-refractivity contribution in [2.45, 2.75) is 12.8 Å². The molecule has 2 aromatic heterocycles. The van der Waals surface area contributed by atoms with Crippen LogP contribution in [0, 0.1) is 6.92 Å². The highest BCUT2D eigenvalue weighted by Gasteiger charge is 2.02. The summed E-state index contributed by atoms with van der Waals surface area (Å²) in [5, 5.41) is 4.13. The van der Waals surface area contributed by atoms with Crippen molar-refractivity contribution in [3.63, 3.8) is 0 Å². The minimum Gasteiger partial charge on any atom is -0.288 e. The predicted octanol–water partition coefficient (Wildman–Crippen LogP) is 1.67. The van der Waals surface area contributed by atoms with Crippen LogP contribution < -0.4 is 5.43 Å². The van der Waals surface area contributed by atoms with Crippen LogP contribution in [0.1, 0.15) is 11.3 Å². The van der Waals surface area contributed by atoms with Crippen molar-refractivity contribution in [1.29, 1.82) is 0 Å². The molecule has 16 heavy (non-hydrogen) atoms. The summed E-state index contributed by atoms with van der Waals surface area (Å²) in [4.78, 5) is 15.4. The molecule has 0 unspecified atom stereocenters. The Bertz CT molecular complexity index is 565. The van der Waals surface area contributed by atoms with E-state index in [1.807, 2.05) is 13.0 Å². The van der Waals surface area contributed by atoms with Crippen molar-refractivity contribution in [3.8, 4) is 5.69 Å². The van der Waals surface area contributed by atoms with Crippen molar-refractivity contribution >= 4 is 11.6 Å². The average molecular weight is 236 g/mol. The lowest BCUT2D eigenvalue weighted by Gasteiger charge is -2.06. The van der Waals surface area contributed by atoms with Gasteiger partial charge in [-0.3, -0.25) is 9.78 Å². The number of hydrogen-bond acceptors (Lipinski definition) is 3. The maximum atomic E-state index is 11.3. The largest absolute Gasteiger partial charge is 0.288 e. The first-order valence-corrected chi connectivity index (χ1v) is 5.31. The quantitative estimate of drug-likeness (QED) is 0.744. The highest BCUT2D eigenvalue weighted by Crippen LogP contribution is 2.06. The van der Waals surface area contributed by atoms with Gasteiger partial charge in [0.15, 0.2) is 0 Å². The summed E-state index contributed by atoms with van der Waals surface area (Å²) >= 11 is 5.63. The summed E-state index contributed by atoms with van der Waals surface area (Å²) in [7, 11) is 0. The van der Waals surface area contributed by atoms with E-state index in [2.05, 4.69) is 10.1 Å². The molecule has 2 rings (SSSR count). The van der Waals surface area contributed by atoms with Gasteiger partial charge in [-0.15, -0.1) is 11.6 Å². The number of rotatable bonds is 2. The van der Waals surface area contributed by atoms with E-state index in [9.17, 15) is 4.79 Å². The SMILES string of the molecule is Cc1cncc(-n2ccc(=O)c(CCl)n2)c1. The Balaban J connectivity index is 2.52. The van der Waals surface area contributed by atoms with E-state index in [4.69, 9.17) is 11.6 Å². The maximum absolute atomic E-state index is 11.3. The fourth-order valence-corrected chi connectivity index (χ4v) is 1.53. The first-order chi connectivity index (χ1) is 7.70. The molecule has 0 aromatic carbocycles. The van der Waals surface area contributed by atoms with Gasteiger partial charge in [-0.1, -0.05) is 0 Å². The van der Waals surface area contributed by atoms with Crippen molar-refractivity contribution in [3.05, 3.63) is 52.2 Å². The predicted molar refractivity (Wildman–Crippen MR) is 61.9 cm³/mol. The van der Waals surface area contributed by atoms with E-state index in [1.54, 1.807) is 23.3 Å². The molecule has 0 bridgehead atoms. The molecule has 82 valence electrons. The minimum atomic E-state index is -0.146. The number of pyridine rings is 1. The molecule has 0 aliphatic rings. The zero-order valence-corrected chi connectivity index (χ0v) is 9.48. The molecule has 0 spiro atoms. The topological polar surface area (TPSA) is 47.8 Å². The van der Waals surface area contributed by atoms with Gasteiger partial charge in [0, 0.05) is 18.5 Å². The third kappa shape index (κ3) is 2.12. The number of alkyl halides is 1. The van der Waals surface area contributed by atoms with Gasteiger partial charge in [-0.2, -0.15) is 5.10 Å². The van der Waals surface area contributed by atoms with Crippen LogP contribution in [-0.2, 0) is 5.88 Å². The van der Waals surface area contributed by atoms with Crippen molar-refractivity contribution in [1.82, 2.24) is 14.8 Å². The summed E-state index contributed by atoms with van der Waals surface area (Å²) in [5.74, 6) is 0.110. The van der Waals surface area contributed by atoms with Crippen LogP contribution in [0.2, 0.25) is 0 Å². The van der Waals surface area contributed by atoms with Gasteiger partial charge in [-0.05, 0) is 18.6 Å². The summed E-state index contributed by atoms with van der Waals surface area (Å²) < 4.78 is 1.60. The summed E-state index contributed by atoms with van der Waals surface area (Å²) in [6, 6.07) is 3.38. The molecule has 2 heterocycles. The zero-order chi connectivity index (χ0) is 11.5. The van der Waals surface area contributed by atoms with Crippen molar-refractivity contribution in [2.24, 2.45) is 0 Å². The third-order valence-electron chi connectivity index (χ3n) is 2.13. The van der Waals surface area contributed by atoms with Crippen molar-refractivity contribution < 1.29 is 0 Å². The molecule has 0 aliphatic carbocycles. The summed E-state index contributed by atoms with van der Waals surface area (Å²) in [6.07, 6.45) is 5.05. The van der Waals surface area contributed by atoms with Crippen molar-refractivity contribution in [2.75, 3.05) is 0 Å². The molecule has 0 saturated carbocycles. The number of hydrogen-bond donors (Lipinski definition) is 0. The fourth-order valence-electron chi connectivity index (χ4n) is 1.35. The Morgan fingerprint density at radius 1 is 1.44 bits per heavy atom. The maximum Gasteiger partial charge on any atom is 0.204 e. The lowest BCUT2D eigenvalue weighted by Crippen LogP contribution is -2.14. The molecule has 0 aliphatic heterocycles. The first-order valence-electron chi connectivity index (χ1n) is 4.77. The Morgan fingerprint density at radius 3 is 2.94 bits per heavy atom. The van der Waals surface area contributed by atoms with E-state index in [0.717, 1.165) is 11.3 Å². The third-order valence-corrected chi connectivity index (χ3v) is 2.38. The summed E-state index contributed by atoms with van der Waals surface area (Å²) in [6.45, 7) is 1.95. The van der Waals surface area contributed by atoms with Crippen LogP contribution in [0.5, 0.6) is 0 Å². The van der Waals surface area contributed by atoms with Crippen LogP contribution in [-0.4, -0.2) is 14.8 Å². The summed E-state index contributed by atoms with van der Waals surface area (Å²) in [5.41, 5.74) is 2.04. The molecule has 0 atom stereocenters. The molecule has 0 saturated heterocycles. The van der Waals surface area contributed by atoms with Gasteiger partial charge in [0.2, 0.25) is 5.43 Å². The van der Waals surface area contributed by atoms with Crippen LogP contribution in [0.25, 0.3) is 5.69 Å². The van der Waals surface area contributed by atoms with E-state index in [-0.39, 0.29) is 11.3 Å². The van der Waals surface area contributed by atoms with Gasteiger partial charge in [0.1, 0.15) is 5.69 Å². The Kier molecular flexibility index (Phi) is 3.01. The van der Waals surface area contributed by atoms with E-state index in [0.29, 0.717) is 5.69 Å². The molecule has 0 N–H and O–H groups in total. The van der Waals surface area contributed by atoms with Crippen LogP contribution in [0.4, 0.5) is 0 Å². The standard InChI is InChI=1S/C11H10ClN3O/c1-8-4-9(7-13-6-8)15-3-2-11(16)10(5-12)14-15/h2-4,6-7H,5H2,1H3. The first kappa shape index (κ1) is 10.8. The van der Waals surface area contributed by atoms with Crippen LogP contribution >= 0.6 is 11.6 Å². The second kappa shape index (κ2) is 4.45. The molecule has 2 aromatic rings. The van der Waals surface area contributed by atoms with Gasteiger partial charge < -0.3 is 0 Å². The van der Waals surface area contributed by atoms with Gasteiger partial charge in [0.25, 0.3) is 0 Å². The molecule has 0 radical (unpaired) electrons. The average Bonchev–Trinajstić information content (AvgIpc) is 2.29. The lowest BCUT2D eigenvalue weighted by atomic mass is 10.3. The smallest absolute Gasteiger partial charge is 0.204 e. The van der Waals surface area contributed by atoms with Gasteiger partial charge in [0.05, 0.1) is 17.8 Å². The van der Waals surface area contributed by atoms with Gasteiger partial charge in [-0.25, -0.2) is 4.68 Å². The Hall–Kier alpha value is -1.68. The number of aryl methyl sites for hydroxylation is 1. The van der Waals surface area contributed by atoms with E-state index < -0.39 is 0 Å². The second-order valence-electron chi connectivity index (χ2n) is 3.43. The molecule has 4 nitrogen and oxygen atoms in total. The second-order valence-corrected chi connectivity index (χ2v) is 3.69.